The number of ether oxygens (including phenoxy) is 1. The summed E-state index contributed by atoms with van der Waals surface area (Å²) in [4.78, 5) is 26.6. The zero-order chi connectivity index (χ0) is 21.1. The fraction of sp³-hybridized carbons (Fsp3) is 0.238. The number of nitrogens with zero attached hydrogens (tertiary/aromatic N) is 1. The second kappa shape index (κ2) is 8.76. The van der Waals surface area contributed by atoms with Gasteiger partial charge in [0.15, 0.2) is 5.76 Å². The van der Waals surface area contributed by atoms with Crippen molar-refractivity contribution in [2.45, 2.75) is 19.5 Å². The minimum atomic E-state index is -0.765. The fourth-order valence-corrected chi connectivity index (χ4v) is 3.56. The van der Waals surface area contributed by atoms with E-state index in [2.05, 4.69) is 5.32 Å². The van der Waals surface area contributed by atoms with Crippen LogP contribution in [0, 0.1) is 0 Å². The number of halogens is 2. The highest BCUT2D eigenvalue weighted by Crippen LogP contribution is 2.40. The third-order valence-corrected chi connectivity index (χ3v) is 5.37. The van der Waals surface area contributed by atoms with Crippen LogP contribution >= 0.6 is 23.2 Å². The molecule has 0 saturated heterocycles. The molecule has 0 bridgehead atoms. The van der Waals surface area contributed by atoms with Crippen LogP contribution in [-0.4, -0.2) is 35.5 Å². The highest BCUT2D eigenvalue weighted by molar-refractivity contribution is 6.42. The molecular formula is C21H20Cl2N2O4. The molecule has 1 aliphatic rings. The molecule has 152 valence electrons. The van der Waals surface area contributed by atoms with E-state index in [0.29, 0.717) is 28.0 Å². The van der Waals surface area contributed by atoms with Gasteiger partial charge in [-0.2, -0.15) is 0 Å². The van der Waals surface area contributed by atoms with Crippen LogP contribution in [-0.2, 0) is 16.1 Å². The van der Waals surface area contributed by atoms with Crippen molar-refractivity contribution in [3.63, 3.8) is 0 Å². The van der Waals surface area contributed by atoms with E-state index < -0.39 is 23.6 Å². The first-order valence-corrected chi connectivity index (χ1v) is 9.74. The standard InChI is InChI=1S/C21H20Cl2N2O4/c1-3-29-16-7-5-4-6-13(16)18-17(19(26)21(28)25(18)2)20(27)24-11-12-8-9-14(22)15(23)10-12/h4-10,18,26H,3,11H2,1-2H3,(H,24,27). The number of benzene rings is 2. The van der Waals surface area contributed by atoms with E-state index in [1.807, 2.05) is 6.92 Å². The lowest BCUT2D eigenvalue weighted by Crippen LogP contribution is -2.31. The average Bonchev–Trinajstić information content (AvgIpc) is 2.93. The highest BCUT2D eigenvalue weighted by atomic mass is 35.5. The largest absolute Gasteiger partial charge is 0.503 e. The van der Waals surface area contributed by atoms with Crippen molar-refractivity contribution in [2.24, 2.45) is 0 Å². The summed E-state index contributed by atoms with van der Waals surface area (Å²) in [5.41, 5.74) is 1.33. The Bertz CT molecular complexity index is 990. The van der Waals surface area contributed by atoms with Gasteiger partial charge in [0.25, 0.3) is 11.8 Å². The van der Waals surface area contributed by atoms with Crippen molar-refractivity contribution in [2.75, 3.05) is 13.7 Å². The van der Waals surface area contributed by atoms with Crippen molar-refractivity contribution in [3.05, 3.63) is 75.0 Å². The van der Waals surface area contributed by atoms with Crippen LogP contribution in [0.5, 0.6) is 5.75 Å². The van der Waals surface area contributed by atoms with E-state index in [1.165, 1.54) is 11.9 Å². The lowest BCUT2D eigenvalue weighted by molar-refractivity contribution is -0.128. The van der Waals surface area contributed by atoms with Crippen molar-refractivity contribution in [1.29, 1.82) is 0 Å². The molecule has 2 N–H and O–H groups in total. The van der Waals surface area contributed by atoms with E-state index in [9.17, 15) is 14.7 Å². The normalized spacial score (nSPS) is 16.3. The van der Waals surface area contributed by atoms with Gasteiger partial charge in [-0.25, -0.2) is 0 Å². The Hall–Kier alpha value is -2.70. The van der Waals surface area contributed by atoms with Gasteiger partial charge in [0.1, 0.15) is 5.75 Å². The van der Waals surface area contributed by atoms with Crippen LogP contribution in [0.2, 0.25) is 10.0 Å². The highest BCUT2D eigenvalue weighted by Gasteiger charge is 2.42. The molecule has 0 aliphatic carbocycles. The summed E-state index contributed by atoms with van der Waals surface area (Å²) in [7, 11) is 1.53. The molecule has 1 heterocycles. The third-order valence-electron chi connectivity index (χ3n) is 4.63. The molecule has 6 nitrogen and oxygen atoms in total. The molecule has 0 saturated carbocycles. The molecule has 2 amide bonds. The quantitative estimate of drug-likeness (QED) is 0.718. The number of para-hydroxylation sites is 1. The van der Waals surface area contributed by atoms with Gasteiger partial charge in [-0.05, 0) is 30.7 Å². The number of amides is 2. The second-order valence-corrected chi connectivity index (χ2v) is 7.30. The summed E-state index contributed by atoms with van der Waals surface area (Å²) in [5, 5.41) is 13.9. The molecule has 0 aromatic heterocycles. The van der Waals surface area contributed by atoms with Gasteiger partial charge in [0, 0.05) is 19.2 Å². The van der Waals surface area contributed by atoms with Crippen LogP contribution in [0.25, 0.3) is 0 Å². The maximum Gasteiger partial charge on any atom is 0.289 e. The third kappa shape index (κ3) is 4.18. The number of carbonyl (C=O) groups is 2. The first-order chi connectivity index (χ1) is 13.8. The van der Waals surface area contributed by atoms with Crippen molar-refractivity contribution < 1.29 is 19.4 Å². The first-order valence-electron chi connectivity index (χ1n) is 8.99. The Kier molecular flexibility index (Phi) is 6.35. The number of aliphatic hydroxyl groups is 1. The van der Waals surface area contributed by atoms with Gasteiger partial charge >= 0.3 is 0 Å². The Morgan fingerprint density at radius 1 is 1.21 bits per heavy atom. The molecule has 0 spiro atoms. The molecular weight excluding hydrogens is 415 g/mol. The van der Waals surface area contributed by atoms with Crippen molar-refractivity contribution in [3.8, 4) is 5.75 Å². The number of hydrogen-bond acceptors (Lipinski definition) is 4. The predicted molar refractivity (Wildman–Crippen MR) is 111 cm³/mol. The van der Waals surface area contributed by atoms with Crippen LogP contribution in [0.1, 0.15) is 24.1 Å². The summed E-state index contributed by atoms with van der Waals surface area (Å²) >= 11 is 11.9. The molecule has 2 aromatic carbocycles. The Balaban J connectivity index is 1.89. The molecule has 29 heavy (non-hydrogen) atoms. The van der Waals surface area contributed by atoms with Gasteiger partial charge in [-0.1, -0.05) is 47.5 Å². The van der Waals surface area contributed by atoms with Crippen LogP contribution < -0.4 is 10.1 Å². The summed E-state index contributed by atoms with van der Waals surface area (Å²) in [6.07, 6.45) is 0. The predicted octanol–water partition coefficient (Wildman–Crippen LogP) is 4.03. The average molecular weight is 435 g/mol. The minimum absolute atomic E-state index is 0.0234. The molecule has 0 radical (unpaired) electrons. The van der Waals surface area contributed by atoms with E-state index in [0.717, 1.165) is 5.56 Å². The van der Waals surface area contributed by atoms with Crippen molar-refractivity contribution >= 4 is 35.0 Å². The van der Waals surface area contributed by atoms with Gasteiger partial charge < -0.3 is 20.1 Å². The van der Waals surface area contributed by atoms with Gasteiger partial charge in [0.05, 0.1) is 28.3 Å². The maximum atomic E-state index is 12.9. The molecule has 3 rings (SSSR count). The Labute approximate surface area is 178 Å². The molecule has 8 heteroatoms. The number of nitrogens with one attached hydrogen (secondary N) is 1. The Morgan fingerprint density at radius 2 is 1.93 bits per heavy atom. The molecule has 1 aliphatic heterocycles. The summed E-state index contributed by atoms with van der Waals surface area (Å²) in [5.74, 6) is -1.21. The van der Waals surface area contributed by atoms with Gasteiger partial charge in [-0.15, -0.1) is 0 Å². The number of carbonyl (C=O) groups excluding carboxylic acids is 2. The molecule has 0 fully saturated rings. The number of hydrogen-bond donors (Lipinski definition) is 2. The minimum Gasteiger partial charge on any atom is -0.503 e. The second-order valence-electron chi connectivity index (χ2n) is 6.48. The lowest BCUT2D eigenvalue weighted by Gasteiger charge is -2.24. The summed E-state index contributed by atoms with van der Waals surface area (Å²) < 4.78 is 5.65. The van der Waals surface area contributed by atoms with E-state index >= 15 is 0 Å². The smallest absolute Gasteiger partial charge is 0.289 e. The van der Waals surface area contributed by atoms with Gasteiger partial charge in [-0.3, -0.25) is 9.59 Å². The van der Waals surface area contributed by atoms with Crippen LogP contribution in [0.3, 0.4) is 0 Å². The van der Waals surface area contributed by atoms with Crippen LogP contribution in [0.15, 0.2) is 53.8 Å². The number of rotatable bonds is 6. The zero-order valence-corrected chi connectivity index (χ0v) is 17.4. The maximum absolute atomic E-state index is 12.9. The topological polar surface area (TPSA) is 78.9 Å². The molecule has 1 atom stereocenters. The SMILES string of the molecule is CCOc1ccccc1C1C(C(=O)NCc2ccc(Cl)c(Cl)c2)=C(O)C(=O)N1C. The molecule has 2 aromatic rings. The van der Waals surface area contributed by atoms with Crippen molar-refractivity contribution in [1.82, 2.24) is 10.2 Å². The zero-order valence-electron chi connectivity index (χ0n) is 15.9. The molecule has 1 unspecified atom stereocenters. The summed E-state index contributed by atoms with van der Waals surface area (Å²) in [6.45, 7) is 2.43. The monoisotopic (exact) mass is 434 g/mol. The van der Waals surface area contributed by atoms with E-state index in [4.69, 9.17) is 27.9 Å². The lowest BCUT2D eigenvalue weighted by atomic mass is 9.98. The fourth-order valence-electron chi connectivity index (χ4n) is 3.24. The van der Waals surface area contributed by atoms with E-state index in [-0.39, 0.29) is 12.1 Å². The van der Waals surface area contributed by atoms with Crippen LogP contribution in [0.4, 0.5) is 0 Å². The number of likely N-dealkylation sites (N-methyl/N-ethyl adjacent to an activating group) is 1. The first kappa shape index (κ1) is 21.0. The number of aliphatic hydroxyl groups excluding tert-OH is 1. The summed E-state index contributed by atoms with van der Waals surface area (Å²) in [6, 6.07) is 11.4. The van der Waals surface area contributed by atoms with E-state index in [1.54, 1.807) is 42.5 Å². The van der Waals surface area contributed by atoms with Gasteiger partial charge in [0.2, 0.25) is 0 Å². The Morgan fingerprint density at radius 3 is 2.62 bits per heavy atom.